The van der Waals surface area contributed by atoms with Gasteiger partial charge in [0.2, 0.25) is 5.91 Å². The standard InChI is InChI=1S/C15H18N2O/c1-9-3-2-4-14-11(9)5-6-17(14)15(18)13-8-10-7-12(10)16-13/h2-4,10,12-13,16H,5-8H2,1H3/t10-,12-,13+/m1/s1. The lowest BCUT2D eigenvalue weighted by molar-refractivity contribution is -0.120. The highest BCUT2D eigenvalue weighted by atomic mass is 16.2. The van der Waals surface area contributed by atoms with E-state index in [1.165, 1.54) is 17.5 Å². The number of amides is 1. The highest BCUT2D eigenvalue weighted by molar-refractivity contribution is 5.99. The van der Waals surface area contributed by atoms with Crippen LogP contribution >= 0.6 is 0 Å². The monoisotopic (exact) mass is 242 g/mol. The van der Waals surface area contributed by atoms with E-state index in [0.29, 0.717) is 6.04 Å². The Morgan fingerprint density at radius 3 is 3.06 bits per heavy atom. The second kappa shape index (κ2) is 3.58. The first-order valence-corrected chi connectivity index (χ1v) is 6.90. The first-order valence-electron chi connectivity index (χ1n) is 6.90. The van der Waals surface area contributed by atoms with Crippen LogP contribution in [0.1, 0.15) is 24.0 Å². The highest BCUT2D eigenvalue weighted by Crippen LogP contribution is 2.42. The molecule has 0 radical (unpaired) electrons. The lowest BCUT2D eigenvalue weighted by Gasteiger charge is -2.22. The first-order chi connectivity index (χ1) is 8.74. The Bertz CT molecular complexity index is 515. The lowest BCUT2D eigenvalue weighted by Crippen LogP contribution is -2.44. The molecule has 3 aliphatic rings. The highest BCUT2D eigenvalue weighted by Gasteiger charge is 2.49. The minimum Gasteiger partial charge on any atom is -0.310 e. The molecule has 3 atom stereocenters. The van der Waals surface area contributed by atoms with Gasteiger partial charge in [0.05, 0.1) is 6.04 Å². The molecule has 94 valence electrons. The molecule has 0 bridgehead atoms. The van der Waals surface area contributed by atoms with Crippen LogP contribution in [0.4, 0.5) is 5.69 Å². The molecular weight excluding hydrogens is 224 g/mol. The third-order valence-electron chi connectivity index (χ3n) is 4.70. The maximum atomic E-state index is 12.6. The third kappa shape index (κ3) is 1.43. The van der Waals surface area contributed by atoms with Gasteiger partial charge in [0.1, 0.15) is 0 Å². The summed E-state index contributed by atoms with van der Waals surface area (Å²) in [4.78, 5) is 14.5. The van der Waals surface area contributed by atoms with Crippen LogP contribution in [-0.2, 0) is 11.2 Å². The van der Waals surface area contributed by atoms with Gasteiger partial charge in [-0.3, -0.25) is 4.79 Å². The summed E-state index contributed by atoms with van der Waals surface area (Å²) < 4.78 is 0. The molecule has 3 heteroatoms. The molecule has 0 aromatic heterocycles. The Morgan fingerprint density at radius 2 is 2.28 bits per heavy atom. The molecule has 1 aliphatic carbocycles. The Hall–Kier alpha value is -1.35. The molecule has 3 nitrogen and oxygen atoms in total. The van der Waals surface area contributed by atoms with Gasteiger partial charge in [0, 0.05) is 18.3 Å². The number of nitrogens with zero attached hydrogens (tertiary/aromatic N) is 1. The van der Waals surface area contributed by atoms with Crippen molar-refractivity contribution in [2.24, 2.45) is 5.92 Å². The second-order valence-electron chi connectivity index (χ2n) is 5.87. The fraction of sp³-hybridized carbons (Fsp3) is 0.533. The molecule has 1 aromatic carbocycles. The molecule has 2 heterocycles. The smallest absolute Gasteiger partial charge is 0.244 e. The minimum atomic E-state index is 0.0696. The molecule has 2 fully saturated rings. The quantitative estimate of drug-likeness (QED) is 0.812. The van der Waals surface area contributed by atoms with E-state index in [4.69, 9.17) is 0 Å². The number of carbonyl (C=O) groups is 1. The number of nitrogens with one attached hydrogen (secondary N) is 1. The number of rotatable bonds is 1. The number of anilines is 1. The van der Waals surface area contributed by atoms with Gasteiger partial charge in [-0.1, -0.05) is 12.1 Å². The normalized spacial score (nSPS) is 32.3. The van der Waals surface area contributed by atoms with Crippen LogP contribution in [0.3, 0.4) is 0 Å². The number of piperidine rings is 1. The summed E-state index contributed by atoms with van der Waals surface area (Å²) in [7, 11) is 0. The fourth-order valence-corrected chi connectivity index (χ4v) is 3.54. The summed E-state index contributed by atoms with van der Waals surface area (Å²) >= 11 is 0. The predicted molar refractivity (Wildman–Crippen MR) is 70.7 cm³/mol. The van der Waals surface area contributed by atoms with Gasteiger partial charge < -0.3 is 10.2 Å². The predicted octanol–water partition coefficient (Wildman–Crippen LogP) is 1.63. The second-order valence-corrected chi connectivity index (χ2v) is 5.87. The molecule has 1 saturated heterocycles. The molecule has 1 aromatic rings. The molecule has 1 amide bonds. The van der Waals surface area contributed by atoms with Gasteiger partial charge in [-0.15, -0.1) is 0 Å². The number of carbonyl (C=O) groups excluding carboxylic acids is 1. The molecule has 0 spiro atoms. The minimum absolute atomic E-state index is 0.0696. The third-order valence-corrected chi connectivity index (χ3v) is 4.70. The van der Waals surface area contributed by atoms with E-state index in [0.717, 1.165) is 31.0 Å². The number of fused-ring (bicyclic) bond motifs is 2. The van der Waals surface area contributed by atoms with E-state index < -0.39 is 0 Å². The van der Waals surface area contributed by atoms with Gasteiger partial charge in [-0.2, -0.15) is 0 Å². The zero-order valence-corrected chi connectivity index (χ0v) is 10.6. The van der Waals surface area contributed by atoms with Gasteiger partial charge in [0.15, 0.2) is 0 Å². The Balaban J connectivity index is 1.60. The number of benzene rings is 1. The topological polar surface area (TPSA) is 32.3 Å². The van der Waals surface area contributed by atoms with Crippen molar-refractivity contribution >= 4 is 11.6 Å². The van der Waals surface area contributed by atoms with Crippen molar-refractivity contribution in [2.75, 3.05) is 11.4 Å². The largest absolute Gasteiger partial charge is 0.310 e. The van der Waals surface area contributed by atoms with E-state index >= 15 is 0 Å². The molecule has 1 N–H and O–H groups in total. The summed E-state index contributed by atoms with van der Waals surface area (Å²) in [6.07, 6.45) is 3.33. The van der Waals surface area contributed by atoms with Crippen LogP contribution in [0.25, 0.3) is 0 Å². The van der Waals surface area contributed by atoms with Crippen LogP contribution in [0.2, 0.25) is 0 Å². The molecule has 18 heavy (non-hydrogen) atoms. The average molecular weight is 242 g/mol. The van der Waals surface area contributed by atoms with Crippen molar-refractivity contribution in [3.05, 3.63) is 29.3 Å². The van der Waals surface area contributed by atoms with Crippen molar-refractivity contribution in [2.45, 2.75) is 38.3 Å². The summed E-state index contributed by atoms with van der Waals surface area (Å²) in [5.41, 5.74) is 3.81. The molecule has 1 saturated carbocycles. The Morgan fingerprint density at radius 1 is 1.39 bits per heavy atom. The Labute approximate surface area is 107 Å². The summed E-state index contributed by atoms with van der Waals surface area (Å²) in [6, 6.07) is 6.98. The SMILES string of the molecule is Cc1cccc2c1CCN2C(=O)[C@@H]1C[C@H]2C[C@H]2N1. The van der Waals surface area contributed by atoms with E-state index in [-0.39, 0.29) is 11.9 Å². The van der Waals surface area contributed by atoms with Crippen molar-refractivity contribution < 1.29 is 4.79 Å². The fourth-order valence-electron chi connectivity index (χ4n) is 3.54. The summed E-state index contributed by atoms with van der Waals surface area (Å²) in [5, 5.41) is 3.46. The van der Waals surface area contributed by atoms with Crippen LogP contribution in [-0.4, -0.2) is 24.5 Å². The van der Waals surface area contributed by atoms with Gasteiger partial charge >= 0.3 is 0 Å². The lowest BCUT2D eigenvalue weighted by atomic mass is 10.1. The van der Waals surface area contributed by atoms with E-state index in [2.05, 4.69) is 30.4 Å². The van der Waals surface area contributed by atoms with Crippen LogP contribution in [0.15, 0.2) is 18.2 Å². The van der Waals surface area contributed by atoms with Crippen LogP contribution in [0.5, 0.6) is 0 Å². The molecule has 2 aliphatic heterocycles. The zero-order valence-electron chi connectivity index (χ0n) is 10.6. The first kappa shape index (κ1) is 10.6. The maximum absolute atomic E-state index is 12.6. The van der Waals surface area contributed by atoms with Crippen molar-refractivity contribution in [3.63, 3.8) is 0 Å². The van der Waals surface area contributed by atoms with E-state index in [9.17, 15) is 4.79 Å². The maximum Gasteiger partial charge on any atom is 0.244 e. The van der Waals surface area contributed by atoms with Gasteiger partial charge in [-0.25, -0.2) is 0 Å². The molecular formula is C15H18N2O. The molecule has 4 rings (SSSR count). The van der Waals surface area contributed by atoms with Crippen molar-refractivity contribution in [1.29, 1.82) is 0 Å². The van der Waals surface area contributed by atoms with E-state index in [1.54, 1.807) is 0 Å². The summed E-state index contributed by atoms with van der Waals surface area (Å²) in [6.45, 7) is 2.99. The van der Waals surface area contributed by atoms with Crippen LogP contribution < -0.4 is 10.2 Å². The summed E-state index contributed by atoms with van der Waals surface area (Å²) in [5.74, 6) is 1.06. The van der Waals surface area contributed by atoms with Gasteiger partial charge in [0.25, 0.3) is 0 Å². The van der Waals surface area contributed by atoms with Gasteiger partial charge in [-0.05, 0) is 49.3 Å². The number of hydrogen-bond acceptors (Lipinski definition) is 2. The Kier molecular flexibility index (Phi) is 2.10. The zero-order chi connectivity index (χ0) is 12.3. The van der Waals surface area contributed by atoms with E-state index in [1.807, 2.05) is 4.90 Å². The molecule has 0 unspecified atom stereocenters. The number of hydrogen-bond donors (Lipinski definition) is 1. The van der Waals surface area contributed by atoms with Crippen molar-refractivity contribution in [1.82, 2.24) is 5.32 Å². The average Bonchev–Trinajstić information content (AvgIpc) is 2.81. The van der Waals surface area contributed by atoms with Crippen LogP contribution in [0, 0.1) is 12.8 Å². The van der Waals surface area contributed by atoms with Crippen molar-refractivity contribution in [3.8, 4) is 0 Å². The number of aryl methyl sites for hydroxylation is 1.